The summed E-state index contributed by atoms with van der Waals surface area (Å²) in [4.78, 5) is 4.43. The maximum Gasteiger partial charge on any atom is 0.0923 e. The molecule has 0 saturated carbocycles. The van der Waals surface area contributed by atoms with Gasteiger partial charge in [0.1, 0.15) is 0 Å². The fourth-order valence-corrected chi connectivity index (χ4v) is 2.32. The average molecular weight is 269 g/mol. The molecule has 2 rings (SSSR count). The van der Waals surface area contributed by atoms with Gasteiger partial charge in [-0.25, -0.2) is 0 Å². The molecule has 0 spiro atoms. The molecule has 1 aromatic heterocycles. The third kappa shape index (κ3) is 3.45. The van der Waals surface area contributed by atoms with Crippen LogP contribution in [-0.2, 0) is 24.9 Å². The van der Waals surface area contributed by atoms with E-state index in [1.54, 1.807) is 0 Å². The lowest BCUT2D eigenvalue weighted by Gasteiger charge is -2.24. The van der Waals surface area contributed by atoms with Crippen molar-refractivity contribution < 1.29 is 5.11 Å². The van der Waals surface area contributed by atoms with Crippen LogP contribution in [0.4, 0.5) is 0 Å². The van der Waals surface area contributed by atoms with Crippen LogP contribution < -0.4 is 0 Å². The zero-order valence-corrected chi connectivity index (χ0v) is 12.6. The first-order valence-electron chi connectivity index (χ1n) is 7.30. The van der Waals surface area contributed by atoms with Crippen molar-refractivity contribution in [2.45, 2.75) is 45.6 Å². The molecule has 0 saturated heterocycles. The molecule has 1 unspecified atom stereocenters. The number of benzene rings is 1. The Balaban J connectivity index is 2.15. The van der Waals surface area contributed by atoms with E-state index in [0.717, 1.165) is 24.1 Å². The summed E-state index contributed by atoms with van der Waals surface area (Å²) in [6.45, 7) is 6.10. The van der Waals surface area contributed by atoms with Crippen molar-refractivity contribution in [3.05, 3.63) is 65.0 Å². The minimum absolute atomic E-state index is 0.530. The maximum absolute atomic E-state index is 10.7. The molecule has 2 nitrogen and oxygen atoms in total. The van der Waals surface area contributed by atoms with Crippen LogP contribution in [0.15, 0.2) is 42.6 Å². The second-order valence-corrected chi connectivity index (χ2v) is 5.51. The van der Waals surface area contributed by atoms with E-state index in [-0.39, 0.29) is 0 Å². The molecule has 1 heterocycles. The van der Waals surface area contributed by atoms with Crippen LogP contribution in [0.3, 0.4) is 0 Å². The average Bonchev–Trinajstić information content (AvgIpc) is 2.48. The summed E-state index contributed by atoms with van der Waals surface area (Å²) in [5.74, 6) is 0. The number of aliphatic hydroxyl groups is 1. The van der Waals surface area contributed by atoms with E-state index in [1.807, 2.05) is 31.3 Å². The van der Waals surface area contributed by atoms with E-state index < -0.39 is 5.60 Å². The van der Waals surface area contributed by atoms with Crippen molar-refractivity contribution in [2.75, 3.05) is 0 Å². The topological polar surface area (TPSA) is 33.1 Å². The fraction of sp³-hybridized carbons (Fsp3) is 0.389. The zero-order valence-electron chi connectivity index (χ0n) is 12.6. The van der Waals surface area contributed by atoms with Crippen LogP contribution in [0.1, 0.15) is 43.2 Å². The smallest absolute Gasteiger partial charge is 0.0923 e. The monoisotopic (exact) mass is 269 g/mol. The van der Waals surface area contributed by atoms with Gasteiger partial charge in [0.2, 0.25) is 0 Å². The first-order valence-corrected chi connectivity index (χ1v) is 7.30. The van der Waals surface area contributed by atoms with Gasteiger partial charge in [0.15, 0.2) is 0 Å². The molecule has 0 aliphatic rings. The van der Waals surface area contributed by atoms with E-state index in [0.29, 0.717) is 6.42 Å². The molecule has 1 atom stereocenters. The summed E-state index contributed by atoms with van der Waals surface area (Å²) in [7, 11) is 0. The minimum Gasteiger partial charge on any atom is -0.385 e. The standard InChI is InChI=1S/C18H23NO/c1-4-14-6-9-16(10-7-14)18(3,20)12-17-11-8-15(5-2)13-19-17/h6-11,13,20H,4-5,12H2,1-3H3. The zero-order chi connectivity index (χ0) is 14.6. The molecule has 0 radical (unpaired) electrons. The number of hydrogen-bond acceptors (Lipinski definition) is 2. The summed E-state index contributed by atoms with van der Waals surface area (Å²) in [5.41, 5.74) is 3.49. The molecule has 20 heavy (non-hydrogen) atoms. The molecule has 2 heteroatoms. The Labute approximate surface area is 121 Å². The quantitative estimate of drug-likeness (QED) is 0.898. The van der Waals surface area contributed by atoms with Crippen LogP contribution in [-0.4, -0.2) is 10.1 Å². The van der Waals surface area contributed by atoms with Gasteiger partial charge in [0, 0.05) is 18.3 Å². The van der Waals surface area contributed by atoms with E-state index >= 15 is 0 Å². The predicted molar refractivity (Wildman–Crippen MR) is 82.7 cm³/mol. The van der Waals surface area contributed by atoms with E-state index in [4.69, 9.17) is 0 Å². The van der Waals surface area contributed by atoms with Crippen LogP contribution in [0.5, 0.6) is 0 Å². The van der Waals surface area contributed by atoms with Gasteiger partial charge in [0.25, 0.3) is 0 Å². The Morgan fingerprint density at radius 2 is 1.55 bits per heavy atom. The van der Waals surface area contributed by atoms with Crippen molar-refractivity contribution in [3.63, 3.8) is 0 Å². The molecule has 2 aromatic rings. The highest BCUT2D eigenvalue weighted by molar-refractivity contribution is 5.28. The van der Waals surface area contributed by atoms with Gasteiger partial charge in [-0.3, -0.25) is 4.98 Å². The van der Waals surface area contributed by atoms with Gasteiger partial charge < -0.3 is 5.11 Å². The summed E-state index contributed by atoms with van der Waals surface area (Å²) in [6.07, 6.45) is 4.43. The molecular formula is C18H23NO. The van der Waals surface area contributed by atoms with Crippen molar-refractivity contribution in [1.82, 2.24) is 4.98 Å². The SMILES string of the molecule is CCc1ccc(C(C)(O)Cc2ccc(CC)cn2)cc1. The first-order chi connectivity index (χ1) is 9.55. The minimum atomic E-state index is -0.882. The Morgan fingerprint density at radius 1 is 0.950 bits per heavy atom. The highest BCUT2D eigenvalue weighted by Crippen LogP contribution is 2.25. The van der Waals surface area contributed by atoms with Gasteiger partial charge in [-0.05, 0) is 42.5 Å². The van der Waals surface area contributed by atoms with Crippen molar-refractivity contribution in [1.29, 1.82) is 0 Å². The van der Waals surface area contributed by atoms with Gasteiger partial charge in [-0.2, -0.15) is 0 Å². The van der Waals surface area contributed by atoms with E-state index in [1.165, 1.54) is 11.1 Å². The Morgan fingerprint density at radius 3 is 2.05 bits per heavy atom. The molecule has 1 N–H and O–H groups in total. The molecule has 0 amide bonds. The molecule has 1 aromatic carbocycles. The van der Waals surface area contributed by atoms with Crippen molar-refractivity contribution in [2.24, 2.45) is 0 Å². The lowest BCUT2D eigenvalue weighted by Crippen LogP contribution is -2.24. The number of nitrogens with zero attached hydrogens (tertiary/aromatic N) is 1. The van der Waals surface area contributed by atoms with Gasteiger partial charge in [0.05, 0.1) is 5.60 Å². The fourth-order valence-electron chi connectivity index (χ4n) is 2.32. The van der Waals surface area contributed by atoms with Gasteiger partial charge in [-0.15, -0.1) is 0 Å². The van der Waals surface area contributed by atoms with E-state index in [9.17, 15) is 5.11 Å². The van der Waals surface area contributed by atoms with Crippen LogP contribution in [0, 0.1) is 0 Å². The molecule has 106 valence electrons. The molecule has 0 aliphatic heterocycles. The second-order valence-electron chi connectivity index (χ2n) is 5.51. The molecule has 0 fully saturated rings. The normalized spacial score (nSPS) is 14.0. The van der Waals surface area contributed by atoms with Crippen molar-refractivity contribution >= 4 is 0 Å². The summed E-state index contributed by atoms with van der Waals surface area (Å²) >= 11 is 0. The molecular weight excluding hydrogens is 246 g/mol. The number of hydrogen-bond donors (Lipinski definition) is 1. The highest BCUT2D eigenvalue weighted by atomic mass is 16.3. The van der Waals surface area contributed by atoms with Gasteiger partial charge >= 0.3 is 0 Å². The Bertz CT molecular complexity index is 541. The molecule has 0 bridgehead atoms. The lowest BCUT2D eigenvalue weighted by atomic mass is 9.90. The number of aromatic nitrogens is 1. The number of pyridine rings is 1. The van der Waals surface area contributed by atoms with Crippen molar-refractivity contribution in [3.8, 4) is 0 Å². The highest BCUT2D eigenvalue weighted by Gasteiger charge is 2.24. The summed E-state index contributed by atoms with van der Waals surface area (Å²) < 4.78 is 0. The second kappa shape index (κ2) is 6.19. The lowest BCUT2D eigenvalue weighted by molar-refractivity contribution is 0.0566. The largest absolute Gasteiger partial charge is 0.385 e. The van der Waals surface area contributed by atoms with E-state index in [2.05, 4.69) is 37.0 Å². The number of rotatable bonds is 5. The summed E-state index contributed by atoms with van der Waals surface area (Å²) in [6, 6.07) is 12.3. The third-order valence-corrected chi connectivity index (χ3v) is 3.80. The molecule has 0 aliphatic carbocycles. The predicted octanol–water partition coefficient (Wildman–Crippen LogP) is 3.66. The van der Waals surface area contributed by atoms with Crippen LogP contribution in [0.25, 0.3) is 0 Å². The first kappa shape index (κ1) is 14.7. The van der Waals surface area contributed by atoms with Gasteiger partial charge in [-0.1, -0.05) is 44.2 Å². The maximum atomic E-state index is 10.7. The third-order valence-electron chi connectivity index (χ3n) is 3.80. The van der Waals surface area contributed by atoms with Crippen LogP contribution >= 0.6 is 0 Å². The summed E-state index contributed by atoms with van der Waals surface area (Å²) in [5, 5.41) is 10.7. The Kier molecular flexibility index (Phi) is 4.56. The number of aryl methyl sites for hydroxylation is 2. The van der Waals surface area contributed by atoms with Crippen LogP contribution in [0.2, 0.25) is 0 Å². The Hall–Kier alpha value is -1.67.